The smallest absolute Gasteiger partial charge is 0.157 e. The lowest BCUT2D eigenvalue weighted by Crippen LogP contribution is -2.36. The fourth-order valence-electron chi connectivity index (χ4n) is 4.24. The van der Waals surface area contributed by atoms with Gasteiger partial charge in [-0.05, 0) is 56.6 Å². The third-order valence-corrected chi connectivity index (χ3v) is 6.00. The highest BCUT2D eigenvalue weighted by molar-refractivity contribution is 5.95. The van der Waals surface area contributed by atoms with Crippen LogP contribution in [0.25, 0.3) is 10.8 Å². The number of aromatic nitrogens is 2. The van der Waals surface area contributed by atoms with Crippen molar-refractivity contribution in [2.75, 3.05) is 43.6 Å². The van der Waals surface area contributed by atoms with Gasteiger partial charge in [-0.25, -0.2) is 0 Å². The number of benzene rings is 2. The first kappa shape index (κ1) is 20.6. The highest BCUT2D eigenvalue weighted by atomic mass is 16.5. The van der Waals surface area contributed by atoms with Gasteiger partial charge in [0.2, 0.25) is 0 Å². The van der Waals surface area contributed by atoms with Crippen molar-refractivity contribution < 1.29 is 4.74 Å². The Morgan fingerprint density at radius 3 is 2.63 bits per heavy atom. The van der Waals surface area contributed by atoms with Crippen molar-refractivity contribution in [3.63, 3.8) is 0 Å². The number of anilines is 2. The Hall–Kier alpha value is -2.70. The molecule has 0 bridgehead atoms. The topological polar surface area (TPSA) is 62.3 Å². The Balaban J connectivity index is 1.68. The standard InChI is InChI=1S/C24H31N5O/c1-16-19(15-25-4)6-5-7-21(16)17(2)26-24-23-14-20(29-10-12-30-13-11-29)8-9-22(23)18(3)27-28-24/h5-9,14,17,25H,10-13,15H2,1-4H3,(H,26,28)/t17-/m1/s1. The molecule has 1 saturated heterocycles. The molecule has 2 aromatic carbocycles. The Bertz CT molecular complexity index is 1030. The number of morpholine rings is 1. The minimum absolute atomic E-state index is 0.119. The molecule has 3 aromatic rings. The van der Waals surface area contributed by atoms with Gasteiger partial charge in [0.1, 0.15) is 0 Å². The van der Waals surface area contributed by atoms with Crippen molar-refractivity contribution in [3.8, 4) is 0 Å². The second kappa shape index (κ2) is 8.98. The molecule has 0 aliphatic carbocycles. The van der Waals surface area contributed by atoms with Crippen LogP contribution in [0.15, 0.2) is 36.4 Å². The first-order valence-electron chi connectivity index (χ1n) is 10.7. The Kier molecular flexibility index (Phi) is 6.16. The summed E-state index contributed by atoms with van der Waals surface area (Å²) in [6.45, 7) is 10.6. The molecule has 2 N–H and O–H groups in total. The van der Waals surface area contributed by atoms with E-state index in [2.05, 4.69) is 76.0 Å². The molecule has 30 heavy (non-hydrogen) atoms. The van der Waals surface area contributed by atoms with E-state index in [1.807, 2.05) is 14.0 Å². The number of fused-ring (bicyclic) bond motifs is 1. The number of aryl methyl sites for hydroxylation is 1. The maximum absolute atomic E-state index is 5.51. The van der Waals surface area contributed by atoms with E-state index in [4.69, 9.17) is 4.74 Å². The van der Waals surface area contributed by atoms with Crippen molar-refractivity contribution in [2.24, 2.45) is 0 Å². The summed E-state index contributed by atoms with van der Waals surface area (Å²) in [5.41, 5.74) is 6.07. The van der Waals surface area contributed by atoms with Crippen molar-refractivity contribution in [2.45, 2.75) is 33.4 Å². The van der Waals surface area contributed by atoms with Gasteiger partial charge in [-0.15, -0.1) is 5.10 Å². The molecule has 1 fully saturated rings. The zero-order valence-electron chi connectivity index (χ0n) is 18.3. The first-order valence-corrected chi connectivity index (χ1v) is 10.7. The molecule has 0 amide bonds. The van der Waals surface area contributed by atoms with Crippen LogP contribution < -0.4 is 15.5 Å². The molecule has 4 rings (SSSR count). The van der Waals surface area contributed by atoms with Crippen LogP contribution in [0.4, 0.5) is 11.5 Å². The molecule has 1 aromatic heterocycles. The second-order valence-corrected chi connectivity index (χ2v) is 7.99. The van der Waals surface area contributed by atoms with E-state index >= 15 is 0 Å². The van der Waals surface area contributed by atoms with Crippen molar-refractivity contribution >= 4 is 22.3 Å². The predicted octanol–water partition coefficient (Wildman–Crippen LogP) is 3.98. The van der Waals surface area contributed by atoms with Crippen LogP contribution in [0.3, 0.4) is 0 Å². The van der Waals surface area contributed by atoms with Crippen LogP contribution in [0.1, 0.15) is 35.3 Å². The second-order valence-electron chi connectivity index (χ2n) is 7.99. The zero-order valence-corrected chi connectivity index (χ0v) is 18.3. The predicted molar refractivity (Wildman–Crippen MR) is 123 cm³/mol. The van der Waals surface area contributed by atoms with Crippen LogP contribution in [0, 0.1) is 13.8 Å². The van der Waals surface area contributed by atoms with Gasteiger partial charge in [0.25, 0.3) is 0 Å². The summed E-state index contributed by atoms with van der Waals surface area (Å²) in [5.74, 6) is 0.830. The monoisotopic (exact) mass is 405 g/mol. The van der Waals surface area contributed by atoms with Crippen LogP contribution >= 0.6 is 0 Å². The van der Waals surface area contributed by atoms with Gasteiger partial charge in [0.15, 0.2) is 5.82 Å². The Morgan fingerprint density at radius 2 is 1.87 bits per heavy atom. The summed E-state index contributed by atoms with van der Waals surface area (Å²) in [6, 6.07) is 13.2. The third kappa shape index (κ3) is 4.11. The van der Waals surface area contributed by atoms with Gasteiger partial charge in [-0.2, -0.15) is 5.10 Å². The van der Waals surface area contributed by atoms with E-state index in [1.165, 1.54) is 22.4 Å². The maximum atomic E-state index is 5.51. The number of nitrogens with one attached hydrogen (secondary N) is 2. The van der Waals surface area contributed by atoms with Crippen LogP contribution in [0.2, 0.25) is 0 Å². The summed E-state index contributed by atoms with van der Waals surface area (Å²) in [5, 5.41) is 18.1. The van der Waals surface area contributed by atoms with Gasteiger partial charge < -0.3 is 20.3 Å². The fourth-order valence-corrected chi connectivity index (χ4v) is 4.24. The number of hydrogen-bond acceptors (Lipinski definition) is 6. The summed E-state index contributed by atoms with van der Waals surface area (Å²) < 4.78 is 5.51. The number of hydrogen-bond donors (Lipinski definition) is 2. The normalized spacial score (nSPS) is 15.4. The molecule has 1 aliphatic heterocycles. The summed E-state index contributed by atoms with van der Waals surface area (Å²) >= 11 is 0. The SMILES string of the molecule is CNCc1cccc([C@@H](C)Nc2nnc(C)c3ccc(N4CCOCC4)cc23)c1C. The first-order chi connectivity index (χ1) is 14.6. The molecule has 2 heterocycles. The molecular formula is C24H31N5O. The highest BCUT2D eigenvalue weighted by Gasteiger charge is 2.17. The van der Waals surface area contributed by atoms with E-state index in [0.717, 1.165) is 55.1 Å². The average Bonchev–Trinajstić information content (AvgIpc) is 2.77. The Labute approximate surface area is 178 Å². The molecular weight excluding hydrogens is 374 g/mol. The van der Waals surface area contributed by atoms with Gasteiger partial charge in [-0.1, -0.05) is 24.3 Å². The minimum atomic E-state index is 0.119. The minimum Gasteiger partial charge on any atom is -0.378 e. The van der Waals surface area contributed by atoms with Gasteiger partial charge >= 0.3 is 0 Å². The van der Waals surface area contributed by atoms with Crippen molar-refractivity contribution in [1.29, 1.82) is 0 Å². The lowest BCUT2D eigenvalue weighted by Gasteiger charge is -2.29. The van der Waals surface area contributed by atoms with E-state index in [1.54, 1.807) is 0 Å². The van der Waals surface area contributed by atoms with E-state index in [9.17, 15) is 0 Å². The zero-order chi connectivity index (χ0) is 21.1. The van der Waals surface area contributed by atoms with Crippen molar-refractivity contribution in [1.82, 2.24) is 15.5 Å². The lowest BCUT2D eigenvalue weighted by molar-refractivity contribution is 0.122. The molecule has 0 radical (unpaired) electrons. The molecule has 0 unspecified atom stereocenters. The van der Waals surface area contributed by atoms with Crippen LogP contribution in [-0.4, -0.2) is 43.5 Å². The summed E-state index contributed by atoms with van der Waals surface area (Å²) in [7, 11) is 1.98. The molecule has 0 saturated carbocycles. The number of rotatable bonds is 6. The van der Waals surface area contributed by atoms with E-state index < -0.39 is 0 Å². The van der Waals surface area contributed by atoms with Crippen LogP contribution in [0.5, 0.6) is 0 Å². The fraction of sp³-hybridized carbons (Fsp3) is 0.417. The summed E-state index contributed by atoms with van der Waals surface area (Å²) in [6.07, 6.45) is 0. The van der Waals surface area contributed by atoms with E-state index in [0.29, 0.717) is 0 Å². The number of ether oxygens (including phenoxy) is 1. The molecule has 158 valence electrons. The quantitative estimate of drug-likeness (QED) is 0.647. The average molecular weight is 406 g/mol. The molecule has 0 spiro atoms. The van der Waals surface area contributed by atoms with Crippen LogP contribution in [-0.2, 0) is 11.3 Å². The lowest BCUT2D eigenvalue weighted by atomic mass is 9.97. The highest BCUT2D eigenvalue weighted by Crippen LogP contribution is 2.31. The largest absolute Gasteiger partial charge is 0.378 e. The molecule has 6 nitrogen and oxygen atoms in total. The van der Waals surface area contributed by atoms with Gasteiger partial charge in [0.05, 0.1) is 24.9 Å². The Morgan fingerprint density at radius 1 is 1.07 bits per heavy atom. The van der Waals surface area contributed by atoms with Gasteiger partial charge in [-0.3, -0.25) is 0 Å². The van der Waals surface area contributed by atoms with E-state index in [-0.39, 0.29) is 6.04 Å². The number of nitrogens with zero attached hydrogens (tertiary/aromatic N) is 3. The maximum Gasteiger partial charge on any atom is 0.157 e. The summed E-state index contributed by atoms with van der Waals surface area (Å²) in [4.78, 5) is 2.37. The third-order valence-electron chi connectivity index (χ3n) is 6.00. The van der Waals surface area contributed by atoms with Crippen molar-refractivity contribution in [3.05, 3.63) is 58.8 Å². The molecule has 6 heteroatoms. The van der Waals surface area contributed by atoms with Gasteiger partial charge in [0, 0.05) is 36.1 Å². The molecule has 1 atom stereocenters. The molecule has 1 aliphatic rings.